The molecule has 2 aliphatic heterocycles. The molecular formula is C32H38ClIN2O3. The van der Waals surface area contributed by atoms with Crippen LogP contribution in [0.4, 0.5) is 5.69 Å². The van der Waals surface area contributed by atoms with Gasteiger partial charge in [-0.1, -0.05) is 76.7 Å². The molecule has 0 bridgehead atoms. The van der Waals surface area contributed by atoms with E-state index in [2.05, 4.69) is 100.0 Å². The Labute approximate surface area is 251 Å². The Hall–Kier alpha value is -1.84. The summed E-state index contributed by atoms with van der Waals surface area (Å²) in [5, 5.41) is 0.768. The number of alkyl halides is 1. The summed E-state index contributed by atoms with van der Waals surface area (Å²) >= 11 is 8.72. The maximum absolute atomic E-state index is 6.26. The van der Waals surface area contributed by atoms with Crippen LogP contribution in [0.15, 0.2) is 72.8 Å². The topological polar surface area (TPSA) is 34.2 Å². The molecule has 3 aromatic carbocycles. The lowest BCUT2D eigenvalue weighted by atomic mass is 9.99. The number of ether oxygens (including phenoxy) is 3. The zero-order valence-electron chi connectivity index (χ0n) is 22.6. The van der Waals surface area contributed by atoms with Gasteiger partial charge >= 0.3 is 0 Å². The van der Waals surface area contributed by atoms with Crippen LogP contribution < -0.4 is 9.64 Å². The Kier molecular flexibility index (Phi) is 10.4. The normalized spacial score (nSPS) is 21.1. The van der Waals surface area contributed by atoms with Crippen LogP contribution in [0.2, 0.25) is 5.02 Å². The van der Waals surface area contributed by atoms with Crippen LogP contribution in [0, 0.1) is 0 Å². The molecule has 3 atom stereocenters. The molecular weight excluding hydrogens is 623 g/mol. The fourth-order valence-corrected chi connectivity index (χ4v) is 6.19. The number of anilines is 1. The SMILES string of the molecule is C[C@H](COc1ccc(N2CCN(Cc3ccccc3)C[C@H]2c2ccc(Cl)cc2)c(CI)c1)OC1CCCCO1. The van der Waals surface area contributed by atoms with Crippen LogP contribution in [0.3, 0.4) is 0 Å². The number of rotatable bonds is 10. The molecule has 1 unspecified atom stereocenters. The van der Waals surface area contributed by atoms with Gasteiger partial charge in [-0.05, 0) is 73.2 Å². The summed E-state index contributed by atoms with van der Waals surface area (Å²) in [6.45, 7) is 7.22. The van der Waals surface area contributed by atoms with E-state index in [0.29, 0.717) is 6.61 Å². The van der Waals surface area contributed by atoms with Crippen molar-refractivity contribution in [2.24, 2.45) is 0 Å². The van der Waals surface area contributed by atoms with E-state index in [-0.39, 0.29) is 18.4 Å². The minimum atomic E-state index is -0.102. The largest absolute Gasteiger partial charge is 0.491 e. The second-order valence-electron chi connectivity index (χ2n) is 10.5. The molecule has 0 saturated carbocycles. The molecule has 0 N–H and O–H groups in total. The van der Waals surface area contributed by atoms with Gasteiger partial charge in [0.15, 0.2) is 6.29 Å². The molecule has 208 valence electrons. The molecule has 0 aromatic heterocycles. The summed E-state index contributed by atoms with van der Waals surface area (Å²) in [4.78, 5) is 5.12. The third kappa shape index (κ3) is 7.88. The van der Waals surface area contributed by atoms with Gasteiger partial charge in [-0.3, -0.25) is 4.90 Å². The molecule has 0 amide bonds. The third-order valence-electron chi connectivity index (χ3n) is 7.48. The molecule has 0 radical (unpaired) electrons. The summed E-state index contributed by atoms with van der Waals surface area (Å²) in [7, 11) is 0. The molecule has 5 rings (SSSR count). The Bertz CT molecular complexity index is 1170. The van der Waals surface area contributed by atoms with E-state index in [1.807, 2.05) is 12.1 Å². The Morgan fingerprint density at radius 1 is 1.03 bits per heavy atom. The van der Waals surface area contributed by atoms with Crippen molar-refractivity contribution < 1.29 is 14.2 Å². The molecule has 0 aliphatic carbocycles. The smallest absolute Gasteiger partial charge is 0.158 e. The highest BCUT2D eigenvalue weighted by Gasteiger charge is 2.30. The second kappa shape index (κ2) is 14.2. The van der Waals surface area contributed by atoms with Gasteiger partial charge < -0.3 is 19.1 Å². The molecule has 2 saturated heterocycles. The van der Waals surface area contributed by atoms with E-state index in [1.54, 1.807) is 0 Å². The highest BCUT2D eigenvalue weighted by Crippen LogP contribution is 2.36. The van der Waals surface area contributed by atoms with Gasteiger partial charge in [-0.15, -0.1) is 0 Å². The van der Waals surface area contributed by atoms with Gasteiger partial charge in [0.1, 0.15) is 12.4 Å². The highest BCUT2D eigenvalue weighted by molar-refractivity contribution is 14.1. The highest BCUT2D eigenvalue weighted by atomic mass is 127. The first-order valence-electron chi connectivity index (χ1n) is 14.0. The van der Waals surface area contributed by atoms with Crippen LogP contribution >= 0.6 is 34.2 Å². The Morgan fingerprint density at radius 3 is 2.59 bits per heavy atom. The summed E-state index contributed by atoms with van der Waals surface area (Å²) < 4.78 is 18.8. The van der Waals surface area contributed by atoms with Gasteiger partial charge in [0.25, 0.3) is 0 Å². The molecule has 7 heteroatoms. The summed E-state index contributed by atoms with van der Waals surface area (Å²) in [5.74, 6) is 0.885. The van der Waals surface area contributed by atoms with Crippen LogP contribution in [0.25, 0.3) is 0 Å². The monoisotopic (exact) mass is 660 g/mol. The fraction of sp³-hybridized carbons (Fsp3) is 0.438. The quantitative estimate of drug-likeness (QED) is 0.165. The van der Waals surface area contributed by atoms with Gasteiger partial charge in [0.05, 0.1) is 12.1 Å². The fourth-order valence-electron chi connectivity index (χ4n) is 5.45. The predicted octanol–water partition coefficient (Wildman–Crippen LogP) is 7.65. The van der Waals surface area contributed by atoms with Crippen molar-refractivity contribution in [1.29, 1.82) is 0 Å². The molecule has 0 spiro atoms. The van der Waals surface area contributed by atoms with Crippen molar-refractivity contribution in [3.05, 3.63) is 94.5 Å². The van der Waals surface area contributed by atoms with E-state index in [9.17, 15) is 0 Å². The van der Waals surface area contributed by atoms with E-state index in [1.165, 1.54) is 22.4 Å². The van der Waals surface area contributed by atoms with Crippen LogP contribution in [0.1, 0.15) is 48.9 Å². The van der Waals surface area contributed by atoms with Gasteiger partial charge in [-0.2, -0.15) is 0 Å². The summed E-state index contributed by atoms with van der Waals surface area (Å²) in [6, 6.07) is 25.9. The number of benzene rings is 3. The van der Waals surface area contributed by atoms with Crippen molar-refractivity contribution in [2.45, 2.75) is 55.6 Å². The standard InChI is InChI=1S/C32H38ClIN2O3/c1-24(39-32-9-5-6-18-37-32)23-38-29-14-15-30(27(19-29)20-34)36-17-16-35(21-25-7-3-2-4-8-25)22-31(36)26-10-12-28(33)13-11-26/h2-4,7-8,10-15,19,24,31-32H,5-6,9,16-18,20-23H2,1H3/t24-,31+,32?/m1/s1. The zero-order valence-corrected chi connectivity index (χ0v) is 25.5. The minimum absolute atomic E-state index is 0.0252. The van der Waals surface area contributed by atoms with Crippen molar-refractivity contribution in [2.75, 3.05) is 37.7 Å². The number of piperazine rings is 1. The first-order valence-corrected chi connectivity index (χ1v) is 15.9. The summed E-state index contributed by atoms with van der Waals surface area (Å²) in [5.41, 5.74) is 5.19. The number of nitrogens with zero attached hydrogens (tertiary/aromatic N) is 2. The third-order valence-corrected chi connectivity index (χ3v) is 8.55. The second-order valence-corrected chi connectivity index (χ2v) is 11.7. The van der Waals surface area contributed by atoms with E-state index in [4.69, 9.17) is 25.8 Å². The average molecular weight is 661 g/mol. The lowest BCUT2D eigenvalue weighted by molar-refractivity contribution is -0.189. The van der Waals surface area contributed by atoms with Crippen LogP contribution in [-0.4, -0.2) is 50.1 Å². The molecule has 2 heterocycles. The Balaban J connectivity index is 1.30. The van der Waals surface area contributed by atoms with E-state index < -0.39 is 0 Å². The maximum atomic E-state index is 6.26. The molecule has 5 nitrogen and oxygen atoms in total. The van der Waals surface area contributed by atoms with E-state index >= 15 is 0 Å². The van der Waals surface area contributed by atoms with Crippen molar-refractivity contribution in [3.63, 3.8) is 0 Å². The van der Waals surface area contributed by atoms with Crippen LogP contribution in [-0.2, 0) is 20.4 Å². The minimum Gasteiger partial charge on any atom is -0.491 e. The first kappa shape index (κ1) is 28.7. The van der Waals surface area contributed by atoms with Crippen LogP contribution in [0.5, 0.6) is 5.75 Å². The molecule has 2 fully saturated rings. The summed E-state index contributed by atoms with van der Waals surface area (Å²) in [6.07, 6.45) is 3.12. The number of hydrogen-bond donors (Lipinski definition) is 0. The molecule has 2 aliphatic rings. The van der Waals surface area contributed by atoms with Crippen molar-refractivity contribution in [1.82, 2.24) is 4.90 Å². The Morgan fingerprint density at radius 2 is 1.85 bits per heavy atom. The van der Waals surface area contributed by atoms with Gasteiger partial charge in [0, 0.05) is 47.9 Å². The van der Waals surface area contributed by atoms with Gasteiger partial charge in [-0.25, -0.2) is 0 Å². The average Bonchev–Trinajstić information content (AvgIpc) is 2.97. The number of halogens is 2. The maximum Gasteiger partial charge on any atom is 0.158 e. The number of hydrogen-bond acceptors (Lipinski definition) is 5. The lowest BCUT2D eigenvalue weighted by Crippen LogP contribution is -2.48. The lowest BCUT2D eigenvalue weighted by Gasteiger charge is -2.44. The van der Waals surface area contributed by atoms with Crippen molar-refractivity contribution in [3.8, 4) is 5.75 Å². The molecule has 39 heavy (non-hydrogen) atoms. The van der Waals surface area contributed by atoms with Crippen molar-refractivity contribution >= 4 is 39.9 Å². The molecule has 3 aromatic rings. The zero-order chi connectivity index (χ0) is 27.0. The first-order chi connectivity index (χ1) is 19.1. The van der Waals surface area contributed by atoms with Gasteiger partial charge in [0.2, 0.25) is 0 Å². The van der Waals surface area contributed by atoms with E-state index in [0.717, 1.165) is 67.2 Å². The predicted molar refractivity (Wildman–Crippen MR) is 167 cm³/mol.